The lowest BCUT2D eigenvalue weighted by Gasteiger charge is -2.01. The molecule has 120 valence electrons. The van der Waals surface area contributed by atoms with E-state index in [-0.39, 0.29) is 5.43 Å². The van der Waals surface area contributed by atoms with Crippen LogP contribution in [0.2, 0.25) is 0 Å². The molecule has 1 heterocycles. The number of hydrogen-bond acceptors (Lipinski definition) is 1. The van der Waals surface area contributed by atoms with Crippen molar-refractivity contribution in [1.29, 1.82) is 0 Å². The molecule has 0 radical (unpaired) electrons. The monoisotopic (exact) mass is 323 g/mol. The molecule has 5 aromatic rings. The average Bonchev–Trinajstić information content (AvgIpc) is 2.69. The van der Waals surface area contributed by atoms with Crippen LogP contribution >= 0.6 is 0 Å². The number of aromatic amines is 1. The molecule has 1 aromatic heterocycles. The Balaban J connectivity index is 0.000000136. The number of hydrogen-bond donors (Lipinski definition) is 1. The maximum absolute atomic E-state index is 12.1. The van der Waals surface area contributed by atoms with Gasteiger partial charge in [-0.1, -0.05) is 72.8 Å². The van der Waals surface area contributed by atoms with Gasteiger partial charge in [-0.25, -0.2) is 0 Å². The minimum absolute atomic E-state index is 0.0972. The van der Waals surface area contributed by atoms with E-state index in [2.05, 4.69) is 53.5 Å². The third kappa shape index (κ3) is 3.02. The highest BCUT2D eigenvalue weighted by molar-refractivity contribution is 5.92. The third-order valence-electron chi connectivity index (χ3n) is 4.27. The molecule has 25 heavy (non-hydrogen) atoms. The second kappa shape index (κ2) is 6.62. The number of benzene rings is 4. The van der Waals surface area contributed by atoms with Crippen LogP contribution in [0, 0.1) is 0 Å². The second-order valence-electron chi connectivity index (χ2n) is 5.89. The fraction of sp³-hybridized carbons (Fsp3) is 0. The van der Waals surface area contributed by atoms with Gasteiger partial charge < -0.3 is 4.98 Å². The number of nitrogens with one attached hydrogen (secondary N) is 1. The maximum atomic E-state index is 12.1. The zero-order valence-corrected chi connectivity index (χ0v) is 13.6. The second-order valence-corrected chi connectivity index (χ2v) is 5.89. The molecule has 4 aromatic carbocycles. The maximum Gasteiger partial charge on any atom is 0.197 e. The predicted molar refractivity (Wildman–Crippen MR) is 106 cm³/mol. The van der Waals surface area contributed by atoms with E-state index in [9.17, 15) is 4.79 Å². The summed E-state index contributed by atoms with van der Waals surface area (Å²) in [4.78, 5) is 15.3. The van der Waals surface area contributed by atoms with Gasteiger partial charge >= 0.3 is 0 Å². The van der Waals surface area contributed by atoms with E-state index in [1.165, 1.54) is 10.8 Å². The van der Waals surface area contributed by atoms with Gasteiger partial charge in [-0.05, 0) is 35.0 Å². The molecule has 0 saturated carbocycles. The fourth-order valence-corrected chi connectivity index (χ4v) is 3.00. The van der Waals surface area contributed by atoms with E-state index in [4.69, 9.17) is 0 Å². The molecule has 0 atom stereocenters. The lowest BCUT2D eigenvalue weighted by atomic mass is 10.1. The summed E-state index contributed by atoms with van der Waals surface area (Å²) in [7, 11) is 0. The van der Waals surface area contributed by atoms with Crippen LogP contribution in [0.4, 0.5) is 0 Å². The highest BCUT2D eigenvalue weighted by Crippen LogP contribution is 2.13. The Morgan fingerprint density at radius 1 is 0.480 bits per heavy atom. The summed E-state index contributed by atoms with van der Waals surface area (Å²) in [5.41, 5.74) is 1.88. The molecule has 0 spiro atoms. The third-order valence-corrected chi connectivity index (χ3v) is 4.27. The molecule has 0 unspecified atom stereocenters. The van der Waals surface area contributed by atoms with Gasteiger partial charge in [-0.15, -0.1) is 0 Å². The molecule has 0 fully saturated rings. The molecule has 2 heteroatoms. The van der Waals surface area contributed by atoms with Crippen LogP contribution in [0.15, 0.2) is 102 Å². The van der Waals surface area contributed by atoms with E-state index in [0.29, 0.717) is 0 Å². The summed E-state index contributed by atoms with van der Waals surface area (Å²) in [6, 6.07) is 31.9. The standard InChI is InChI=1S/C13H9NO.C10H8/c15-13-9-5-1-3-7-11(9)14-12-8-4-2-6-10(12)13;1-2-6-10-8-4-3-7-9(10)5-1/h1-8H,(H,14,15);1-8H. The van der Waals surface area contributed by atoms with Gasteiger partial charge in [-0.3, -0.25) is 4.79 Å². The minimum Gasteiger partial charge on any atom is -0.354 e. The smallest absolute Gasteiger partial charge is 0.197 e. The Kier molecular flexibility index (Phi) is 4.01. The lowest BCUT2D eigenvalue weighted by Crippen LogP contribution is -2.03. The van der Waals surface area contributed by atoms with Crippen molar-refractivity contribution >= 4 is 32.6 Å². The van der Waals surface area contributed by atoms with Gasteiger partial charge in [0.25, 0.3) is 0 Å². The van der Waals surface area contributed by atoms with Gasteiger partial charge in [-0.2, -0.15) is 0 Å². The van der Waals surface area contributed by atoms with E-state index >= 15 is 0 Å². The van der Waals surface area contributed by atoms with Crippen LogP contribution in [0.5, 0.6) is 0 Å². The number of aromatic nitrogens is 1. The van der Waals surface area contributed by atoms with Crippen LogP contribution in [0.25, 0.3) is 32.6 Å². The van der Waals surface area contributed by atoms with E-state index in [1.807, 2.05) is 48.5 Å². The normalized spacial score (nSPS) is 10.6. The molecular formula is C23H17NO. The van der Waals surface area contributed by atoms with Crippen molar-refractivity contribution in [3.8, 4) is 0 Å². The van der Waals surface area contributed by atoms with E-state index < -0.39 is 0 Å². The Hall–Kier alpha value is -3.39. The van der Waals surface area contributed by atoms with Crippen molar-refractivity contribution in [2.24, 2.45) is 0 Å². The van der Waals surface area contributed by atoms with Crippen molar-refractivity contribution in [2.45, 2.75) is 0 Å². The van der Waals surface area contributed by atoms with Gasteiger partial charge in [0.1, 0.15) is 0 Å². The topological polar surface area (TPSA) is 32.9 Å². The summed E-state index contributed by atoms with van der Waals surface area (Å²) in [5, 5.41) is 4.11. The Morgan fingerprint density at radius 3 is 1.28 bits per heavy atom. The van der Waals surface area contributed by atoms with Crippen LogP contribution in [0.3, 0.4) is 0 Å². The predicted octanol–water partition coefficient (Wildman–Crippen LogP) is 5.52. The van der Waals surface area contributed by atoms with Crippen molar-refractivity contribution < 1.29 is 0 Å². The quantitative estimate of drug-likeness (QED) is 0.374. The highest BCUT2D eigenvalue weighted by atomic mass is 16.1. The fourth-order valence-electron chi connectivity index (χ4n) is 3.00. The molecule has 0 bridgehead atoms. The number of rotatable bonds is 0. The van der Waals surface area contributed by atoms with E-state index in [1.54, 1.807) is 0 Å². The van der Waals surface area contributed by atoms with Crippen molar-refractivity contribution in [1.82, 2.24) is 4.98 Å². The Labute approximate surface area is 145 Å². The molecule has 0 aliphatic rings. The van der Waals surface area contributed by atoms with Crippen molar-refractivity contribution in [3.05, 3.63) is 107 Å². The molecule has 0 saturated heterocycles. The van der Waals surface area contributed by atoms with Crippen LogP contribution in [-0.2, 0) is 0 Å². The molecule has 0 amide bonds. The largest absolute Gasteiger partial charge is 0.354 e. The summed E-state index contributed by atoms with van der Waals surface area (Å²) < 4.78 is 0. The number of fused-ring (bicyclic) bond motifs is 3. The molecule has 5 rings (SSSR count). The SMILES string of the molecule is O=c1c2ccccc2[nH]c2ccccc12.c1ccc2ccccc2c1. The van der Waals surface area contributed by atoms with Gasteiger partial charge in [0.15, 0.2) is 5.43 Å². The molecule has 1 N–H and O–H groups in total. The average molecular weight is 323 g/mol. The van der Waals surface area contributed by atoms with Crippen molar-refractivity contribution in [2.75, 3.05) is 0 Å². The number of pyridine rings is 1. The van der Waals surface area contributed by atoms with Crippen LogP contribution < -0.4 is 5.43 Å². The molecule has 0 aliphatic carbocycles. The number of H-pyrrole nitrogens is 1. The molecule has 2 nitrogen and oxygen atoms in total. The van der Waals surface area contributed by atoms with E-state index in [0.717, 1.165) is 21.8 Å². The minimum atomic E-state index is 0.0972. The van der Waals surface area contributed by atoms with Gasteiger partial charge in [0.2, 0.25) is 0 Å². The molecular weight excluding hydrogens is 306 g/mol. The summed E-state index contributed by atoms with van der Waals surface area (Å²) in [5.74, 6) is 0. The lowest BCUT2D eigenvalue weighted by molar-refractivity contribution is 1.48. The van der Waals surface area contributed by atoms with Crippen LogP contribution in [0.1, 0.15) is 0 Å². The zero-order valence-electron chi connectivity index (χ0n) is 13.6. The van der Waals surface area contributed by atoms with Crippen LogP contribution in [-0.4, -0.2) is 4.98 Å². The summed E-state index contributed by atoms with van der Waals surface area (Å²) >= 11 is 0. The number of para-hydroxylation sites is 2. The Bertz CT molecular complexity index is 1100. The first-order chi connectivity index (χ1) is 12.3. The first kappa shape index (κ1) is 15.2. The summed E-state index contributed by atoms with van der Waals surface area (Å²) in [6.45, 7) is 0. The first-order valence-corrected chi connectivity index (χ1v) is 8.26. The first-order valence-electron chi connectivity index (χ1n) is 8.26. The zero-order chi connectivity index (χ0) is 17.1. The van der Waals surface area contributed by atoms with Gasteiger partial charge in [0, 0.05) is 21.8 Å². The highest BCUT2D eigenvalue weighted by Gasteiger charge is 2.02. The summed E-state index contributed by atoms with van der Waals surface area (Å²) in [6.07, 6.45) is 0. The van der Waals surface area contributed by atoms with Gasteiger partial charge in [0.05, 0.1) is 0 Å². The Morgan fingerprint density at radius 2 is 0.840 bits per heavy atom. The molecule has 0 aliphatic heterocycles. The van der Waals surface area contributed by atoms with Crippen molar-refractivity contribution in [3.63, 3.8) is 0 Å².